The van der Waals surface area contributed by atoms with E-state index in [1.165, 1.54) is 75.7 Å². The van der Waals surface area contributed by atoms with Crippen molar-refractivity contribution < 1.29 is 19.8 Å². The fourth-order valence-corrected chi connectivity index (χ4v) is 6.07. The highest BCUT2D eigenvalue weighted by molar-refractivity contribution is 5.75. The number of rotatable bonds is 18. The molecule has 2 aromatic rings. The van der Waals surface area contributed by atoms with E-state index in [4.69, 9.17) is 4.74 Å². The highest BCUT2D eigenvalue weighted by Crippen LogP contribution is 2.51. The van der Waals surface area contributed by atoms with Gasteiger partial charge < -0.3 is 9.84 Å². The maximum absolute atomic E-state index is 13.8. The second-order valence-electron chi connectivity index (χ2n) is 12.3. The lowest BCUT2D eigenvalue weighted by atomic mass is 9.88. The first-order valence-corrected chi connectivity index (χ1v) is 15.8. The number of benzene rings is 2. The van der Waals surface area contributed by atoms with Gasteiger partial charge in [0.15, 0.2) is 0 Å². The zero-order valence-electron chi connectivity index (χ0n) is 25.4. The number of hydrogen-bond acceptors (Lipinski definition) is 3. The molecule has 1 N–H and O–H groups in total. The molecule has 1 fully saturated rings. The first kappa shape index (κ1) is 32.1. The molecule has 0 amide bonds. The standard InChI is InChI=1S/C35H52NO4/c1-5-6-7-8-9-10-11-12-13-14-15-16-27-40-32-23-21-31(22-24-32)35(4)26-25-34(3,36(35)39)30-19-17-29(18-20-30)28(2)33(37)38/h17-24,28H,5-16,25-27H2,1-4H3,(H,37,38)/t28-,34-,35-/m0/s1. The molecule has 1 radical (unpaired) electrons. The minimum absolute atomic E-state index is 0.570. The van der Waals surface area contributed by atoms with Gasteiger partial charge in [-0.15, -0.1) is 10.3 Å². The summed E-state index contributed by atoms with van der Waals surface area (Å²) in [5, 5.41) is 24.3. The maximum Gasteiger partial charge on any atom is 0.310 e. The molecule has 1 aliphatic rings. The summed E-state index contributed by atoms with van der Waals surface area (Å²) in [6.07, 6.45) is 17.5. The van der Waals surface area contributed by atoms with Gasteiger partial charge >= 0.3 is 5.97 Å². The van der Waals surface area contributed by atoms with Crippen LogP contribution in [-0.2, 0) is 21.1 Å². The van der Waals surface area contributed by atoms with Crippen molar-refractivity contribution in [2.24, 2.45) is 0 Å². The summed E-state index contributed by atoms with van der Waals surface area (Å²) in [5.41, 5.74) is 1.38. The lowest BCUT2D eigenvalue weighted by Crippen LogP contribution is -2.44. The molecule has 5 heteroatoms. The van der Waals surface area contributed by atoms with Gasteiger partial charge in [-0.3, -0.25) is 4.79 Å². The van der Waals surface area contributed by atoms with Gasteiger partial charge in [0, 0.05) is 0 Å². The average Bonchev–Trinajstić information content (AvgIpc) is 3.21. The van der Waals surface area contributed by atoms with E-state index < -0.39 is 23.0 Å². The lowest BCUT2D eigenvalue weighted by molar-refractivity contribution is -0.260. The maximum atomic E-state index is 13.8. The van der Waals surface area contributed by atoms with Crippen LogP contribution in [0.1, 0.15) is 140 Å². The van der Waals surface area contributed by atoms with Crippen LogP contribution in [0.25, 0.3) is 0 Å². The molecule has 0 saturated carbocycles. The van der Waals surface area contributed by atoms with Gasteiger partial charge in [-0.1, -0.05) is 114 Å². The van der Waals surface area contributed by atoms with Crippen molar-refractivity contribution in [1.29, 1.82) is 0 Å². The Kier molecular flexibility index (Phi) is 12.5. The van der Waals surface area contributed by atoms with Gasteiger partial charge in [-0.2, -0.15) is 0 Å². The van der Waals surface area contributed by atoms with Crippen molar-refractivity contribution in [3.05, 3.63) is 65.2 Å². The monoisotopic (exact) mass is 550 g/mol. The molecule has 1 heterocycles. The third-order valence-corrected chi connectivity index (χ3v) is 9.14. The third kappa shape index (κ3) is 8.33. The smallest absolute Gasteiger partial charge is 0.310 e. The van der Waals surface area contributed by atoms with E-state index in [9.17, 15) is 15.1 Å². The molecule has 0 aliphatic carbocycles. The molecule has 5 nitrogen and oxygen atoms in total. The van der Waals surface area contributed by atoms with Crippen LogP contribution in [0.2, 0.25) is 0 Å². The van der Waals surface area contributed by atoms with Crippen LogP contribution in [0.5, 0.6) is 5.75 Å². The summed E-state index contributed by atoms with van der Waals surface area (Å²) in [5.74, 6) is -0.560. The molecule has 0 bridgehead atoms. The number of ether oxygens (including phenoxy) is 1. The van der Waals surface area contributed by atoms with Crippen LogP contribution < -0.4 is 4.74 Å². The third-order valence-electron chi connectivity index (χ3n) is 9.14. The fourth-order valence-electron chi connectivity index (χ4n) is 6.07. The van der Waals surface area contributed by atoms with Crippen molar-refractivity contribution in [2.75, 3.05) is 6.61 Å². The lowest BCUT2D eigenvalue weighted by Gasteiger charge is -2.37. The number of unbranched alkanes of at least 4 members (excludes halogenated alkanes) is 11. The molecule has 0 spiro atoms. The largest absolute Gasteiger partial charge is 0.494 e. The highest BCUT2D eigenvalue weighted by atomic mass is 16.5. The Morgan fingerprint density at radius 3 is 1.65 bits per heavy atom. The topological polar surface area (TPSA) is 69.7 Å². The minimum atomic E-state index is -0.848. The summed E-state index contributed by atoms with van der Waals surface area (Å²) < 4.78 is 6.00. The predicted molar refractivity (Wildman–Crippen MR) is 162 cm³/mol. The average molecular weight is 551 g/mol. The molecular weight excluding hydrogens is 498 g/mol. The van der Waals surface area contributed by atoms with Crippen LogP contribution >= 0.6 is 0 Å². The molecule has 2 aromatic carbocycles. The Morgan fingerprint density at radius 2 is 1.20 bits per heavy atom. The highest BCUT2D eigenvalue weighted by Gasteiger charge is 2.52. The number of aliphatic carboxylic acids is 1. The fraction of sp³-hybridized carbons (Fsp3) is 0.629. The van der Waals surface area contributed by atoms with Crippen molar-refractivity contribution in [3.8, 4) is 5.75 Å². The Bertz CT molecular complexity index is 1020. The summed E-state index contributed by atoms with van der Waals surface area (Å²) in [4.78, 5) is 11.3. The molecule has 3 rings (SSSR count). The number of carboxylic acid groups (broad SMARTS) is 1. The molecular formula is C35H52NO4. The van der Waals surface area contributed by atoms with E-state index in [0.717, 1.165) is 48.3 Å². The number of carbonyl (C=O) groups is 1. The SMILES string of the molecule is CCCCCCCCCCCCCCOc1ccc([C@]2(C)CC[C@@](C)(c3ccc([C@H](C)C(=O)O)cc3)N2[O])cc1. The molecule has 3 atom stereocenters. The zero-order valence-corrected chi connectivity index (χ0v) is 25.4. The molecule has 0 unspecified atom stereocenters. The summed E-state index contributed by atoms with van der Waals surface area (Å²) in [6.45, 7) is 8.70. The van der Waals surface area contributed by atoms with Crippen molar-refractivity contribution in [2.45, 2.75) is 135 Å². The van der Waals surface area contributed by atoms with Crippen molar-refractivity contribution >= 4 is 5.97 Å². The number of hydrogen-bond donors (Lipinski definition) is 1. The first-order valence-electron chi connectivity index (χ1n) is 15.8. The number of carboxylic acids is 1. The second-order valence-corrected chi connectivity index (χ2v) is 12.3. The zero-order chi connectivity index (χ0) is 29.0. The van der Waals surface area contributed by atoms with Crippen LogP contribution in [0.4, 0.5) is 0 Å². The Hall–Kier alpha value is -2.37. The minimum Gasteiger partial charge on any atom is -0.494 e. The summed E-state index contributed by atoms with van der Waals surface area (Å²) >= 11 is 0. The number of hydroxylamine groups is 2. The van der Waals surface area contributed by atoms with Gasteiger partial charge in [0.1, 0.15) is 5.75 Å². The molecule has 40 heavy (non-hydrogen) atoms. The van der Waals surface area contributed by atoms with E-state index in [1.807, 2.05) is 62.4 Å². The van der Waals surface area contributed by atoms with Crippen LogP contribution in [0.3, 0.4) is 0 Å². The van der Waals surface area contributed by atoms with Crippen LogP contribution in [0.15, 0.2) is 48.5 Å². The molecule has 1 saturated heterocycles. The Morgan fingerprint density at radius 1 is 0.775 bits per heavy atom. The van der Waals surface area contributed by atoms with E-state index in [-0.39, 0.29) is 0 Å². The van der Waals surface area contributed by atoms with E-state index in [1.54, 1.807) is 6.92 Å². The van der Waals surface area contributed by atoms with Crippen LogP contribution in [-0.4, -0.2) is 22.7 Å². The van der Waals surface area contributed by atoms with E-state index >= 15 is 0 Å². The van der Waals surface area contributed by atoms with Crippen LogP contribution in [0, 0.1) is 0 Å². The van der Waals surface area contributed by atoms with Gasteiger partial charge in [0.2, 0.25) is 0 Å². The summed E-state index contributed by atoms with van der Waals surface area (Å²) in [6, 6.07) is 15.6. The van der Waals surface area contributed by atoms with Crippen molar-refractivity contribution in [1.82, 2.24) is 5.06 Å². The van der Waals surface area contributed by atoms with Gasteiger partial charge in [0.05, 0.1) is 23.6 Å². The first-order chi connectivity index (χ1) is 19.2. The molecule has 0 aromatic heterocycles. The Balaban J connectivity index is 1.41. The normalized spacial score (nSPS) is 21.9. The van der Waals surface area contributed by atoms with E-state index in [2.05, 4.69) is 6.92 Å². The van der Waals surface area contributed by atoms with Gasteiger partial charge in [-0.05, 0) is 68.9 Å². The quantitative estimate of drug-likeness (QED) is 0.188. The molecule has 221 valence electrons. The Labute approximate surface area is 242 Å². The second kappa shape index (κ2) is 15.6. The number of nitrogens with zero attached hydrogens (tertiary/aromatic N) is 1. The van der Waals surface area contributed by atoms with Crippen molar-refractivity contribution in [3.63, 3.8) is 0 Å². The predicted octanol–water partition coefficient (Wildman–Crippen LogP) is 9.53. The van der Waals surface area contributed by atoms with E-state index in [0.29, 0.717) is 0 Å². The molecule has 1 aliphatic heterocycles. The van der Waals surface area contributed by atoms with Gasteiger partial charge in [-0.25, -0.2) is 0 Å². The summed E-state index contributed by atoms with van der Waals surface area (Å²) in [7, 11) is 0. The van der Waals surface area contributed by atoms with Gasteiger partial charge in [0.25, 0.3) is 0 Å².